The molecule has 0 saturated carbocycles. The van der Waals surface area contributed by atoms with Crippen molar-refractivity contribution in [3.63, 3.8) is 0 Å². The highest BCUT2D eigenvalue weighted by molar-refractivity contribution is 5.78. The van der Waals surface area contributed by atoms with Gasteiger partial charge in [-0.25, -0.2) is 0 Å². The lowest BCUT2D eigenvalue weighted by Crippen LogP contribution is -2.47. The van der Waals surface area contributed by atoms with Crippen molar-refractivity contribution < 1.29 is 9.59 Å². The lowest BCUT2D eigenvalue weighted by atomic mass is 9.97. The zero-order chi connectivity index (χ0) is 19.2. The second-order valence-corrected chi connectivity index (χ2v) is 8.87. The summed E-state index contributed by atoms with van der Waals surface area (Å²) in [5, 5.41) is 0. The molecular weight excluding hydrogens is 340 g/mol. The van der Waals surface area contributed by atoms with Gasteiger partial charge in [0.15, 0.2) is 0 Å². The number of amides is 2. The summed E-state index contributed by atoms with van der Waals surface area (Å²) >= 11 is 0. The highest BCUT2D eigenvalue weighted by atomic mass is 16.2. The van der Waals surface area contributed by atoms with E-state index in [-0.39, 0.29) is 0 Å². The fourth-order valence-electron chi connectivity index (χ4n) is 4.79. The number of hydrogen-bond donors (Lipinski definition) is 0. The molecule has 3 saturated heterocycles. The van der Waals surface area contributed by atoms with Crippen LogP contribution in [0, 0.1) is 5.92 Å². The van der Waals surface area contributed by atoms with Crippen molar-refractivity contribution >= 4 is 11.8 Å². The highest BCUT2D eigenvalue weighted by Gasteiger charge is 2.26. The number of rotatable bonds is 9. The quantitative estimate of drug-likeness (QED) is 0.612. The Bertz CT molecular complexity index is 510. The van der Waals surface area contributed by atoms with Crippen molar-refractivity contribution in [1.82, 2.24) is 19.6 Å². The van der Waals surface area contributed by atoms with Gasteiger partial charge in [0.25, 0.3) is 0 Å². The minimum absolute atomic E-state index is 0.332. The Kier molecular flexibility index (Phi) is 7.53. The lowest BCUT2D eigenvalue weighted by molar-refractivity contribution is -0.128. The molecule has 3 fully saturated rings. The summed E-state index contributed by atoms with van der Waals surface area (Å²) in [4.78, 5) is 32.9. The molecule has 3 rings (SSSR count). The van der Waals surface area contributed by atoms with Crippen LogP contribution in [0.4, 0.5) is 0 Å². The number of piperidine rings is 1. The molecule has 0 aromatic rings. The van der Waals surface area contributed by atoms with Crippen LogP contribution in [0.1, 0.15) is 52.4 Å². The van der Waals surface area contributed by atoms with Crippen LogP contribution >= 0.6 is 0 Å². The molecule has 0 unspecified atom stereocenters. The third-order valence-electron chi connectivity index (χ3n) is 6.51. The largest absolute Gasteiger partial charge is 0.341 e. The normalized spacial score (nSPS) is 24.8. The maximum Gasteiger partial charge on any atom is 0.222 e. The van der Waals surface area contributed by atoms with E-state index in [2.05, 4.69) is 23.6 Å². The molecular formula is C21H38N4O2. The van der Waals surface area contributed by atoms with Gasteiger partial charge in [0.1, 0.15) is 0 Å². The van der Waals surface area contributed by atoms with E-state index < -0.39 is 0 Å². The molecule has 2 amide bonds. The average molecular weight is 379 g/mol. The van der Waals surface area contributed by atoms with Crippen molar-refractivity contribution in [2.24, 2.45) is 5.92 Å². The van der Waals surface area contributed by atoms with Crippen molar-refractivity contribution in [3.05, 3.63) is 0 Å². The summed E-state index contributed by atoms with van der Waals surface area (Å²) in [5.41, 5.74) is 0. The number of nitrogens with zero attached hydrogens (tertiary/aromatic N) is 4. The Morgan fingerprint density at radius 1 is 0.926 bits per heavy atom. The minimum atomic E-state index is 0.332. The fourth-order valence-corrected chi connectivity index (χ4v) is 4.79. The zero-order valence-corrected chi connectivity index (χ0v) is 17.4. The molecule has 27 heavy (non-hydrogen) atoms. The molecule has 1 atom stereocenters. The van der Waals surface area contributed by atoms with Gasteiger partial charge in [-0.15, -0.1) is 0 Å². The smallest absolute Gasteiger partial charge is 0.222 e. The van der Waals surface area contributed by atoms with Crippen LogP contribution in [0.5, 0.6) is 0 Å². The molecule has 3 aliphatic rings. The number of hydrogen-bond acceptors (Lipinski definition) is 4. The highest BCUT2D eigenvalue weighted by Crippen LogP contribution is 2.20. The summed E-state index contributed by atoms with van der Waals surface area (Å²) in [6, 6.07) is 0.514. The molecule has 0 radical (unpaired) electrons. The molecule has 0 aliphatic carbocycles. The molecule has 0 N–H and O–H groups in total. The molecule has 154 valence electrons. The maximum atomic E-state index is 11.9. The van der Waals surface area contributed by atoms with Gasteiger partial charge in [0.05, 0.1) is 0 Å². The van der Waals surface area contributed by atoms with Crippen LogP contribution in [0.25, 0.3) is 0 Å². The maximum absolute atomic E-state index is 11.9. The van der Waals surface area contributed by atoms with Crippen molar-refractivity contribution in [1.29, 1.82) is 0 Å². The fraction of sp³-hybridized carbons (Fsp3) is 0.905. The van der Waals surface area contributed by atoms with E-state index in [1.807, 2.05) is 9.80 Å². The Balaban J connectivity index is 1.42. The summed E-state index contributed by atoms with van der Waals surface area (Å²) in [6.07, 6.45) is 6.09. The van der Waals surface area contributed by atoms with Crippen LogP contribution in [0.2, 0.25) is 0 Å². The molecule has 3 heterocycles. The molecule has 0 aromatic heterocycles. The molecule has 0 bridgehead atoms. The monoisotopic (exact) mass is 378 g/mol. The first-order chi connectivity index (χ1) is 13.0. The zero-order valence-electron chi connectivity index (χ0n) is 17.4. The number of carbonyl (C=O) groups excluding carboxylic acids is 2. The van der Waals surface area contributed by atoms with Gasteiger partial charge in [-0.1, -0.05) is 0 Å². The number of carbonyl (C=O) groups is 2. The molecule has 3 aliphatic heterocycles. The van der Waals surface area contributed by atoms with Crippen molar-refractivity contribution in [2.75, 3.05) is 58.9 Å². The van der Waals surface area contributed by atoms with Gasteiger partial charge < -0.3 is 14.7 Å². The lowest BCUT2D eigenvalue weighted by Gasteiger charge is -2.38. The van der Waals surface area contributed by atoms with E-state index in [4.69, 9.17) is 0 Å². The molecule has 0 aromatic carbocycles. The van der Waals surface area contributed by atoms with E-state index in [1.165, 1.54) is 19.4 Å². The standard InChI is InChI=1S/C21H38N4O2/c1-18(2)25(15-14-24-11-5-8-21(24)27)17-19-6-3-9-22(16-19)12-13-23-10-4-7-20(23)26/h18-19H,3-17H2,1-2H3/t19-/m1/s1. The van der Waals surface area contributed by atoms with Gasteiger partial charge in [-0.05, 0) is 52.0 Å². The Labute approximate surface area is 164 Å². The molecule has 6 heteroatoms. The van der Waals surface area contributed by atoms with Gasteiger partial charge in [0, 0.05) is 71.2 Å². The SMILES string of the molecule is CC(C)N(CCN1CCCC1=O)C[C@@H]1CCCN(CCN2CCCC2=O)C1. The summed E-state index contributed by atoms with van der Waals surface area (Å²) < 4.78 is 0. The van der Waals surface area contributed by atoms with Crippen LogP contribution in [-0.4, -0.2) is 96.4 Å². The van der Waals surface area contributed by atoms with E-state index in [0.29, 0.717) is 23.8 Å². The Morgan fingerprint density at radius 3 is 2.19 bits per heavy atom. The first-order valence-electron chi connectivity index (χ1n) is 11.0. The summed E-state index contributed by atoms with van der Waals surface area (Å²) in [7, 11) is 0. The topological polar surface area (TPSA) is 47.1 Å². The van der Waals surface area contributed by atoms with E-state index in [9.17, 15) is 9.59 Å². The third kappa shape index (κ3) is 5.92. The minimum Gasteiger partial charge on any atom is -0.341 e. The third-order valence-corrected chi connectivity index (χ3v) is 6.51. The Hall–Kier alpha value is -1.14. The van der Waals surface area contributed by atoms with Crippen molar-refractivity contribution in [3.8, 4) is 0 Å². The van der Waals surface area contributed by atoms with Crippen LogP contribution < -0.4 is 0 Å². The average Bonchev–Trinajstić information content (AvgIpc) is 3.25. The first-order valence-corrected chi connectivity index (χ1v) is 11.0. The van der Waals surface area contributed by atoms with Gasteiger partial charge in [-0.2, -0.15) is 0 Å². The second kappa shape index (κ2) is 9.87. The van der Waals surface area contributed by atoms with E-state index in [1.54, 1.807) is 0 Å². The summed E-state index contributed by atoms with van der Waals surface area (Å²) in [6.45, 7) is 13.7. The van der Waals surface area contributed by atoms with Crippen LogP contribution in [0.15, 0.2) is 0 Å². The summed E-state index contributed by atoms with van der Waals surface area (Å²) in [5.74, 6) is 1.37. The van der Waals surface area contributed by atoms with Crippen LogP contribution in [0.3, 0.4) is 0 Å². The van der Waals surface area contributed by atoms with E-state index >= 15 is 0 Å². The first kappa shape index (κ1) is 20.6. The number of likely N-dealkylation sites (tertiary alicyclic amines) is 3. The van der Waals surface area contributed by atoms with Crippen molar-refractivity contribution in [2.45, 2.75) is 58.4 Å². The van der Waals surface area contributed by atoms with Gasteiger partial charge in [-0.3, -0.25) is 14.5 Å². The van der Waals surface area contributed by atoms with Gasteiger partial charge in [0.2, 0.25) is 11.8 Å². The van der Waals surface area contributed by atoms with E-state index in [0.717, 1.165) is 78.0 Å². The molecule has 6 nitrogen and oxygen atoms in total. The second-order valence-electron chi connectivity index (χ2n) is 8.87. The Morgan fingerprint density at radius 2 is 1.59 bits per heavy atom. The molecule has 0 spiro atoms. The predicted octanol–water partition coefficient (Wildman–Crippen LogP) is 1.65. The van der Waals surface area contributed by atoms with Crippen LogP contribution in [-0.2, 0) is 9.59 Å². The predicted molar refractivity (Wildman–Crippen MR) is 108 cm³/mol. The van der Waals surface area contributed by atoms with Gasteiger partial charge >= 0.3 is 0 Å².